The van der Waals surface area contributed by atoms with Gasteiger partial charge in [0.1, 0.15) is 0 Å². The summed E-state index contributed by atoms with van der Waals surface area (Å²) in [5, 5.41) is 3.28. The normalized spacial score (nSPS) is 11.1. The molecule has 0 atom stereocenters. The molecule has 0 fully saturated rings. The molecule has 1 amide bonds. The maximum absolute atomic E-state index is 12.4. The van der Waals surface area contributed by atoms with Gasteiger partial charge in [-0.15, -0.1) is 0 Å². The summed E-state index contributed by atoms with van der Waals surface area (Å²) >= 11 is 5.87. The van der Waals surface area contributed by atoms with Crippen LogP contribution in [0.3, 0.4) is 0 Å². The van der Waals surface area contributed by atoms with E-state index in [1.165, 1.54) is 24.3 Å². The quantitative estimate of drug-likeness (QED) is 0.820. The van der Waals surface area contributed by atoms with Crippen LogP contribution >= 0.6 is 11.6 Å². The van der Waals surface area contributed by atoms with Crippen molar-refractivity contribution in [1.29, 1.82) is 0 Å². The van der Waals surface area contributed by atoms with Crippen LogP contribution in [-0.4, -0.2) is 20.9 Å². The number of nitrogens with one attached hydrogen (secondary N) is 2. The first kappa shape index (κ1) is 18.3. The van der Waals surface area contributed by atoms with Crippen molar-refractivity contribution in [3.8, 4) is 0 Å². The minimum atomic E-state index is -3.73. The fourth-order valence-corrected chi connectivity index (χ4v) is 3.43. The van der Waals surface area contributed by atoms with E-state index in [1.807, 2.05) is 6.92 Å². The standard InChI is InChI=1S/C17H19ClN2O3S/c1-3-10-19-17(21)13-4-7-15(8-5-13)24(22,23)20-16-9-6-14(18)11-12(16)2/h4-9,11,20H,3,10H2,1-2H3,(H,19,21). The van der Waals surface area contributed by atoms with Crippen molar-refractivity contribution in [1.82, 2.24) is 5.32 Å². The van der Waals surface area contributed by atoms with Crippen molar-refractivity contribution in [2.24, 2.45) is 0 Å². The summed E-state index contributed by atoms with van der Waals surface area (Å²) in [6.45, 7) is 4.31. The number of carbonyl (C=O) groups is 1. The number of aryl methyl sites for hydroxylation is 1. The van der Waals surface area contributed by atoms with Crippen LogP contribution in [0.15, 0.2) is 47.4 Å². The van der Waals surface area contributed by atoms with Gasteiger partial charge in [-0.05, 0) is 61.4 Å². The summed E-state index contributed by atoms with van der Waals surface area (Å²) in [6, 6.07) is 10.7. The summed E-state index contributed by atoms with van der Waals surface area (Å²) in [5.41, 5.74) is 1.61. The van der Waals surface area contributed by atoms with E-state index in [4.69, 9.17) is 11.6 Å². The summed E-state index contributed by atoms with van der Waals surface area (Å²) in [7, 11) is -3.73. The minimum absolute atomic E-state index is 0.0869. The Bertz CT molecular complexity index is 833. The number of halogens is 1. The smallest absolute Gasteiger partial charge is 0.261 e. The van der Waals surface area contributed by atoms with E-state index in [2.05, 4.69) is 10.0 Å². The van der Waals surface area contributed by atoms with Gasteiger partial charge >= 0.3 is 0 Å². The van der Waals surface area contributed by atoms with Gasteiger partial charge in [-0.25, -0.2) is 8.42 Å². The second-order valence-electron chi connectivity index (χ2n) is 5.35. The van der Waals surface area contributed by atoms with Gasteiger partial charge in [0.15, 0.2) is 0 Å². The second-order valence-corrected chi connectivity index (χ2v) is 7.46. The Balaban J connectivity index is 2.19. The Kier molecular flexibility index (Phi) is 5.85. The molecule has 0 bridgehead atoms. The molecule has 0 aromatic heterocycles. The predicted octanol–water partition coefficient (Wildman–Crippen LogP) is 3.59. The van der Waals surface area contributed by atoms with Gasteiger partial charge in [0, 0.05) is 17.1 Å². The lowest BCUT2D eigenvalue weighted by atomic mass is 10.2. The lowest BCUT2D eigenvalue weighted by Crippen LogP contribution is -2.24. The Morgan fingerprint density at radius 2 is 1.79 bits per heavy atom. The number of anilines is 1. The molecule has 128 valence electrons. The van der Waals surface area contributed by atoms with Crippen LogP contribution < -0.4 is 10.0 Å². The average molecular weight is 367 g/mol. The largest absolute Gasteiger partial charge is 0.352 e. The third-order valence-corrected chi connectivity index (χ3v) is 5.01. The molecule has 0 radical (unpaired) electrons. The zero-order chi connectivity index (χ0) is 17.7. The van der Waals surface area contributed by atoms with Crippen LogP contribution in [0.25, 0.3) is 0 Å². The molecule has 0 aliphatic carbocycles. The minimum Gasteiger partial charge on any atom is -0.352 e. The van der Waals surface area contributed by atoms with E-state index in [1.54, 1.807) is 25.1 Å². The van der Waals surface area contributed by atoms with Crippen LogP contribution in [0.4, 0.5) is 5.69 Å². The van der Waals surface area contributed by atoms with Gasteiger partial charge in [-0.2, -0.15) is 0 Å². The van der Waals surface area contributed by atoms with E-state index < -0.39 is 10.0 Å². The molecular weight excluding hydrogens is 348 g/mol. The van der Waals surface area contributed by atoms with Crippen LogP contribution in [0.1, 0.15) is 29.3 Å². The molecule has 0 saturated heterocycles. The molecule has 7 heteroatoms. The van der Waals surface area contributed by atoms with Crippen LogP contribution in [0, 0.1) is 6.92 Å². The molecule has 0 aliphatic rings. The molecule has 0 unspecified atom stereocenters. The van der Waals surface area contributed by atoms with Gasteiger partial charge in [0.2, 0.25) is 0 Å². The molecule has 2 aromatic carbocycles. The first-order chi connectivity index (χ1) is 11.3. The predicted molar refractivity (Wildman–Crippen MR) is 96.1 cm³/mol. The Labute approximate surface area is 147 Å². The van der Waals surface area contributed by atoms with Gasteiger partial charge in [-0.1, -0.05) is 18.5 Å². The Morgan fingerprint density at radius 1 is 1.12 bits per heavy atom. The molecule has 2 rings (SSSR count). The van der Waals surface area contributed by atoms with E-state index in [0.29, 0.717) is 22.8 Å². The highest BCUT2D eigenvalue weighted by Gasteiger charge is 2.16. The average Bonchev–Trinajstić information content (AvgIpc) is 2.55. The first-order valence-corrected chi connectivity index (χ1v) is 9.37. The van der Waals surface area contributed by atoms with Crippen LogP contribution in [0.5, 0.6) is 0 Å². The van der Waals surface area contributed by atoms with Crippen molar-refractivity contribution < 1.29 is 13.2 Å². The van der Waals surface area contributed by atoms with Gasteiger partial charge in [-0.3, -0.25) is 9.52 Å². The lowest BCUT2D eigenvalue weighted by molar-refractivity contribution is 0.0953. The third kappa shape index (κ3) is 4.49. The highest BCUT2D eigenvalue weighted by Crippen LogP contribution is 2.23. The zero-order valence-electron chi connectivity index (χ0n) is 13.5. The highest BCUT2D eigenvalue weighted by atomic mass is 35.5. The van der Waals surface area contributed by atoms with E-state index in [0.717, 1.165) is 12.0 Å². The highest BCUT2D eigenvalue weighted by molar-refractivity contribution is 7.92. The number of hydrogen-bond acceptors (Lipinski definition) is 3. The summed E-state index contributed by atoms with van der Waals surface area (Å²) in [4.78, 5) is 11.9. The topological polar surface area (TPSA) is 75.3 Å². The molecule has 0 saturated carbocycles. The van der Waals surface area contributed by atoms with Gasteiger partial charge < -0.3 is 5.32 Å². The molecule has 0 aliphatic heterocycles. The molecule has 24 heavy (non-hydrogen) atoms. The maximum Gasteiger partial charge on any atom is 0.261 e. The van der Waals surface area contributed by atoms with E-state index in [9.17, 15) is 13.2 Å². The number of amides is 1. The second kappa shape index (κ2) is 7.68. The molecule has 0 heterocycles. The maximum atomic E-state index is 12.4. The SMILES string of the molecule is CCCNC(=O)c1ccc(S(=O)(=O)Nc2ccc(Cl)cc2C)cc1. The van der Waals surface area contributed by atoms with Gasteiger partial charge in [0.25, 0.3) is 15.9 Å². The third-order valence-electron chi connectivity index (χ3n) is 3.40. The number of rotatable bonds is 6. The zero-order valence-corrected chi connectivity index (χ0v) is 15.0. The summed E-state index contributed by atoms with van der Waals surface area (Å²) < 4.78 is 27.4. The van der Waals surface area contributed by atoms with Crippen molar-refractivity contribution in [3.05, 3.63) is 58.6 Å². The fourth-order valence-electron chi connectivity index (χ4n) is 2.07. The Morgan fingerprint density at radius 3 is 2.38 bits per heavy atom. The molecule has 2 aromatic rings. The van der Waals surface area contributed by atoms with Crippen LogP contribution in [-0.2, 0) is 10.0 Å². The number of hydrogen-bond donors (Lipinski definition) is 2. The lowest BCUT2D eigenvalue weighted by Gasteiger charge is -2.11. The molecule has 2 N–H and O–H groups in total. The van der Waals surface area contributed by atoms with Gasteiger partial charge in [0.05, 0.1) is 10.6 Å². The molecule has 0 spiro atoms. The number of sulfonamides is 1. The van der Waals surface area contributed by atoms with E-state index in [-0.39, 0.29) is 10.8 Å². The van der Waals surface area contributed by atoms with Crippen molar-refractivity contribution in [2.45, 2.75) is 25.2 Å². The van der Waals surface area contributed by atoms with Crippen LogP contribution in [0.2, 0.25) is 5.02 Å². The van der Waals surface area contributed by atoms with Crippen molar-refractivity contribution in [2.75, 3.05) is 11.3 Å². The Hall–Kier alpha value is -2.05. The first-order valence-electron chi connectivity index (χ1n) is 7.50. The van der Waals surface area contributed by atoms with Crippen molar-refractivity contribution >= 4 is 33.2 Å². The molecule has 5 nitrogen and oxygen atoms in total. The summed E-state index contributed by atoms with van der Waals surface area (Å²) in [5.74, 6) is -0.220. The fraction of sp³-hybridized carbons (Fsp3) is 0.235. The number of benzene rings is 2. The van der Waals surface area contributed by atoms with Crippen molar-refractivity contribution in [3.63, 3.8) is 0 Å². The monoisotopic (exact) mass is 366 g/mol. The summed E-state index contributed by atoms with van der Waals surface area (Å²) in [6.07, 6.45) is 0.836. The van der Waals surface area contributed by atoms with E-state index >= 15 is 0 Å². The number of carbonyl (C=O) groups excluding carboxylic acids is 1. The molecular formula is C17H19ClN2O3S.